The van der Waals surface area contributed by atoms with Crippen molar-refractivity contribution in [3.63, 3.8) is 0 Å². The first-order valence-corrected chi connectivity index (χ1v) is 8.25. The molecule has 0 aliphatic carbocycles. The molecule has 0 bridgehead atoms. The van der Waals surface area contributed by atoms with E-state index in [-0.39, 0.29) is 0 Å². The molecule has 1 atom stereocenters. The van der Waals surface area contributed by atoms with Crippen LogP contribution in [0.15, 0.2) is 0 Å². The molecule has 0 N–H and O–H groups in total. The van der Waals surface area contributed by atoms with Crippen LogP contribution in [-0.2, 0) is 0 Å². The summed E-state index contributed by atoms with van der Waals surface area (Å²) in [4.78, 5) is 2.65. The van der Waals surface area contributed by atoms with Crippen LogP contribution in [0.3, 0.4) is 0 Å². The first-order valence-electron chi connectivity index (χ1n) is 7.12. The molecule has 2 heteroatoms. The van der Waals surface area contributed by atoms with Crippen LogP contribution in [-0.4, -0.2) is 29.4 Å². The standard InChI is InChI=1S/C15H32BrN/c1-7-8-9-10-17(13(2)3)12-14(11-16)15(4,5)6/h13-14H,7-12H2,1-6H3. The minimum Gasteiger partial charge on any atom is -0.301 e. The molecular weight excluding hydrogens is 274 g/mol. The van der Waals surface area contributed by atoms with Gasteiger partial charge in [-0.3, -0.25) is 0 Å². The number of unbranched alkanes of at least 4 members (excludes halogenated alkanes) is 2. The molecule has 104 valence electrons. The fourth-order valence-electron chi connectivity index (χ4n) is 1.96. The predicted octanol–water partition coefficient (Wildman–Crippen LogP) is 4.94. The SMILES string of the molecule is CCCCCN(CC(CBr)C(C)(C)C)C(C)C. The molecule has 0 aliphatic rings. The summed E-state index contributed by atoms with van der Waals surface area (Å²) in [5, 5.41) is 1.10. The van der Waals surface area contributed by atoms with Crippen LogP contribution in [0, 0.1) is 11.3 Å². The first kappa shape index (κ1) is 17.4. The fourth-order valence-corrected chi connectivity index (χ4v) is 3.14. The summed E-state index contributed by atoms with van der Waals surface area (Å²) < 4.78 is 0. The van der Waals surface area contributed by atoms with Gasteiger partial charge in [-0.05, 0) is 38.1 Å². The van der Waals surface area contributed by atoms with Gasteiger partial charge in [0.25, 0.3) is 0 Å². The van der Waals surface area contributed by atoms with E-state index in [0.717, 1.165) is 11.2 Å². The maximum atomic E-state index is 3.68. The topological polar surface area (TPSA) is 3.24 Å². The second-order valence-corrected chi connectivity index (χ2v) is 7.16. The quantitative estimate of drug-likeness (QED) is 0.453. The number of halogens is 1. The number of rotatable bonds is 8. The maximum absolute atomic E-state index is 3.68. The van der Waals surface area contributed by atoms with Gasteiger partial charge in [-0.1, -0.05) is 56.5 Å². The average Bonchev–Trinajstić information content (AvgIpc) is 2.20. The van der Waals surface area contributed by atoms with Crippen LogP contribution >= 0.6 is 15.9 Å². The molecule has 1 nitrogen and oxygen atoms in total. The normalized spacial score (nSPS) is 14.6. The van der Waals surface area contributed by atoms with Gasteiger partial charge in [0, 0.05) is 17.9 Å². The van der Waals surface area contributed by atoms with E-state index < -0.39 is 0 Å². The minimum atomic E-state index is 0.390. The Morgan fingerprint density at radius 1 is 1.12 bits per heavy atom. The molecule has 0 fully saturated rings. The van der Waals surface area contributed by atoms with Crippen LogP contribution in [0.2, 0.25) is 0 Å². The zero-order valence-electron chi connectivity index (χ0n) is 12.7. The van der Waals surface area contributed by atoms with Gasteiger partial charge in [-0.2, -0.15) is 0 Å². The van der Waals surface area contributed by atoms with E-state index in [1.165, 1.54) is 32.4 Å². The van der Waals surface area contributed by atoms with Gasteiger partial charge in [0.2, 0.25) is 0 Å². The number of hydrogen-bond donors (Lipinski definition) is 0. The molecule has 0 spiro atoms. The minimum absolute atomic E-state index is 0.390. The largest absolute Gasteiger partial charge is 0.301 e. The summed E-state index contributed by atoms with van der Waals surface area (Å²) in [6, 6.07) is 0.663. The molecule has 17 heavy (non-hydrogen) atoms. The maximum Gasteiger partial charge on any atom is 0.00768 e. The molecule has 0 saturated carbocycles. The van der Waals surface area contributed by atoms with E-state index in [1.54, 1.807) is 0 Å². The monoisotopic (exact) mass is 305 g/mol. The average molecular weight is 306 g/mol. The highest BCUT2D eigenvalue weighted by Crippen LogP contribution is 2.28. The van der Waals surface area contributed by atoms with Gasteiger partial charge in [-0.15, -0.1) is 0 Å². The van der Waals surface area contributed by atoms with E-state index in [4.69, 9.17) is 0 Å². The van der Waals surface area contributed by atoms with E-state index in [1.807, 2.05) is 0 Å². The van der Waals surface area contributed by atoms with Gasteiger partial charge in [0.05, 0.1) is 0 Å². The van der Waals surface area contributed by atoms with Gasteiger partial charge in [0.15, 0.2) is 0 Å². The zero-order chi connectivity index (χ0) is 13.5. The van der Waals surface area contributed by atoms with Crippen LogP contribution in [0.1, 0.15) is 60.8 Å². The predicted molar refractivity (Wildman–Crippen MR) is 83.0 cm³/mol. The van der Waals surface area contributed by atoms with Gasteiger partial charge < -0.3 is 4.90 Å². The van der Waals surface area contributed by atoms with E-state index >= 15 is 0 Å². The Hall–Kier alpha value is 0.440. The van der Waals surface area contributed by atoms with Crippen molar-refractivity contribution >= 4 is 15.9 Å². The molecule has 0 amide bonds. The van der Waals surface area contributed by atoms with E-state index in [2.05, 4.69) is 62.4 Å². The third kappa shape index (κ3) is 7.46. The molecule has 0 heterocycles. The summed E-state index contributed by atoms with van der Waals surface area (Å²) >= 11 is 3.68. The van der Waals surface area contributed by atoms with Crippen LogP contribution in [0.5, 0.6) is 0 Å². The van der Waals surface area contributed by atoms with Crippen LogP contribution in [0.4, 0.5) is 0 Å². The smallest absolute Gasteiger partial charge is 0.00768 e. The van der Waals surface area contributed by atoms with Crippen molar-refractivity contribution in [2.45, 2.75) is 66.8 Å². The summed E-state index contributed by atoms with van der Waals surface area (Å²) in [6.07, 6.45) is 4.01. The highest BCUT2D eigenvalue weighted by atomic mass is 79.9. The number of alkyl halides is 1. The second-order valence-electron chi connectivity index (χ2n) is 6.51. The van der Waals surface area contributed by atoms with Gasteiger partial charge in [-0.25, -0.2) is 0 Å². The van der Waals surface area contributed by atoms with Crippen molar-refractivity contribution < 1.29 is 0 Å². The lowest BCUT2D eigenvalue weighted by Crippen LogP contribution is -2.40. The van der Waals surface area contributed by atoms with Crippen molar-refractivity contribution in [2.24, 2.45) is 11.3 Å². The lowest BCUT2D eigenvalue weighted by Gasteiger charge is -2.36. The molecule has 0 aromatic carbocycles. The van der Waals surface area contributed by atoms with Gasteiger partial charge >= 0.3 is 0 Å². The van der Waals surface area contributed by atoms with E-state index in [0.29, 0.717) is 11.5 Å². The first-order chi connectivity index (χ1) is 7.82. The molecule has 1 unspecified atom stereocenters. The Kier molecular flexibility index (Phi) is 8.75. The third-order valence-corrected chi connectivity index (χ3v) is 4.43. The summed E-state index contributed by atoms with van der Waals surface area (Å²) in [5.74, 6) is 0.728. The Bertz CT molecular complexity index is 184. The molecular formula is C15H32BrN. The summed E-state index contributed by atoms with van der Waals surface area (Å²) in [6.45, 7) is 16.4. The van der Waals surface area contributed by atoms with E-state index in [9.17, 15) is 0 Å². The summed E-state index contributed by atoms with van der Waals surface area (Å²) in [5.41, 5.74) is 0.390. The molecule has 0 radical (unpaired) electrons. The third-order valence-electron chi connectivity index (χ3n) is 3.65. The van der Waals surface area contributed by atoms with Crippen molar-refractivity contribution in [1.82, 2.24) is 4.90 Å². The highest BCUT2D eigenvalue weighted by molar-refractivity contribution is 9.09. The Morgan fingerprint density at radius 3 is 2.06 bits per heavy atom. The Morgan fingerprint density at radius 2 is 1.71 bits per heavy atom. The van der Waals surface area contributed by atoms with Crippen LogP contribution in [0.25, 0.3) is 0 Å². The molecule has 0 aliphatic heterocycles. The van der Waals surface area contributed by atoms with Gasteiger partial charge in [0.1, 0.15) is 0 Å². The lowest BCUT2D eigenvalue weighted by atomic mass is 9.81. The van der Waals surface area contributed by atoms with Crippen LogP contribution < -0.4 is 0 Å². The molecule has 0 saturated heterocycles. The zero-order valence-corrected chi connectivity index (χ0v) is 14.3. The second kappa shape index (κ2) is 8.53. The highest BCUT2D eigenvalue weighted by Gasteiger charge is 2.26. The van der Waals surface area contributed by atoms with Crippen molar-refractivity contribution in [3.8, 4) is 0 Å². The summed E-state index contributed by atoms with van der Waals surface area (Å²) in [7, 11) is 0. The van der Waals surface area contributed by atoms with Crippen molar-refractivity contribution in [1.29, 1.82) is 0 Å². The Balaban J connectivity index is 4.31. The van der Waals surface area contributed by atoms with Crippen molar-refractivity contribution in [3.05, 3.63) is 0 Å². The number of nitrogens with zero attached hydrogens (tertiary/aromatic N) is 1. The van der Waals surface area contributed by atoms with Crippen molar-refractivity contribution in [2.75, 3.05) is 18.4 Å². The number of hydrogen-bond acceptors (Lipinski definition) is 1. The molecule has 0 rings (SSSR count). The molecule has 0 aromatic rings. The fraction of sp³-hybridized carbons (Fsp3) is 1.00. The lowest BCUT2D eigenvalue weighted by molar-refractivity contribution is 0.137. The molecule has 0 aromatic heterocycles. The Labute approximate surface area is 117 Å².